The Kier molecular flexibility index (Phi) is 5.37. The van der Waals surface area contributed by atoms with Gasteiger partial charge in [-0.15, -0.1) is 0 Å². The van der Waals surface area contributed by atoms with Crippen LogP contribution in [0.2, 0.25) is 0 Å². The van der Waals surface area contributed by atoms with Gasteiger partial charge in [-0.05, 0) is 48.6 Å². The van der Waals surface area contributed by atoms with Crippen molar-refractivity contribution in [3.05, 3.63) is 70.0 Å². The molecule has 1 atom stereocenters. The van der Waals surface area contributed by atoms with Crippen LogP contribution in [0.5, 0.6) is 0 Å². The highest BCUT2D eigenvalue weighted by atomic mass is 16.2. The Bertz CT molecular complexity index is 1140. The molecule has 8 heteroatoms. The Morgan fingerprint density at radius 2 is 2.06 bits per heavy atom. The van der Waals surface area contributed by atoms with Gasteiger partial charge in [-0.3, -0.25) is 29.5 Å². The number of primary amides is 1. The smallest absolute Gasteiger partial charge is 0.267 e. The van der Waals surface area contributed by atoms with Gasteiger partial charge in [0.15, 0.2) is 0 Å². The summed E-state index contributed by atoms with van der Waals surface area (Å²) in [6.45, 7) is 2.24. The minimum atomic E-state index is -0.649. The molecule has 1 aromatic heterocycles. The Morgan fingerprint density at radius 1 is 1.26 bits per heavy atom. The Morgan fingerprint density at radius 3 is 2.81 bits per heavy atom. The number of nitrogens with zero attached hydrogens (tertiary/aromatic N) is 2. The number of carbonyl (C=O) groups excluding carboxylic acids is 4. The number of carbonyl (C=O) groups is 4. The second-order valence-corrected chi connectivity index (χ2v) is 7.82. The zero-order valence-corrected chi connectivity index (χ0v) is 17.1. The zero-order valence-electron chi connectivity index (χ0n) is 17.1. The molecule has 1 unspecified atom stereocenters. The quantitative estimate of drug-likeness (QED) is 0.714. The van der Waals surface area contributed by atoms with E-state index in [4.69, 9.17) is 5.73 Å². The summed E-state index contributed by atoms with van der Waals surface area (Å²) >= 11 is 0. The number of benzene rings is 1. The maximum absolute atomic E-state index is 13.0. The largest absolute Gasteiger partial charge is 0.364 e. The van der Waals surface area contributed by atoms with Crippen molar-refractivity contribution in [3.8, 4) is 0 Å². The maximum atomic E-state index is 13.0. The van der Waals surface area contributed by atoms with Gasteiger partial charge in [-0.25, -0.2) is 0 Å². The molecule has 0 aliphatic carbocycles. The second kappa shape index (κ2) is 8.14. The number of hydrogen-bond acceptors (Lipinski definition) is 5. The van der Waals surface area contributed by atoms with Crippen LogP contribution in [0.15, 0.2) is 42.1 Å². The molecular formula is C23H22N4O4. The summed E-state index contributed by atoms with van der Waals surface area (Å²) in [5.41, 5.74) is 9.65. The lowest BCUT2D eigenvalue weighted by Gasteiger charge is -2.29. The predicted octanol–water partition coefficient (Wildman–Crippen LogP) is 1.59. The van der Waals surface area contributed by atoms with Gasteiger partial charge in [0.1, 0.15) is 11.7 Å². The van der Waals surface area contributed by atoms with Gasteiger partial charge >= 0.3 is 0 Å². The van der Waals surface area contributed by atoms with Crippen LogP contribution in [0, 0.1) is 0 Å². The van der Waals surface area contributed by atoms with Crippen LogP contribution in [-0.4, -0.2) is 39.6 Å². The topological polar surface area (TPSA) is 122 Å². The monoisotopic (exact) mass is 418 g/mol. The van der Waals surface area contributed by atoms with Crippen molar-refractivity contribution in [2.75, 3.05) is 0 Å². The van der Waals surface area contributed by atoms with Gasteiger partial charge in [-0.2, -0.15) is 0 Å². The van der Waals surface area contributed by atoms with Crippen LogP contribution < -0.4 is 11.1 Å². The minimum Gasteiger partial charge on any atom is -0.364 e. The van der Waals surface area contributed by atoms with E-state index in [9.17, 15) is 19.2 Å². The van der Waals surface area contributed by atoms with E-state index in [0.29, 0.717) is 24.9 Å². The van der Waals surface area contributed by atoms with Gasteiger partial charge in [0.2, 0.25) is 11.8 Å². The highest BCUT2D eigenvalue weighted by Crippen LogP contribution is 2.31. The van der Waals surface area contributed by atoms with E-state index in [2.05, 4.69) is 10.3 Å². The molecule has 8 nitrogen and oxygen atoms in total. The molecule has 2 aliphatic rings. The molecular weight excluding hydrogens is 396 g/mol. The van der Waals surface area contributed by atoms with Crippen molar-refractivity contribution < 1.29 is 19.2 Å². The zero-order chi connectivity index (χ0) is 22.1. The molecule has 2 aromatic rings. The first-order valence-corrected chi connectivity index (χ1v) is 10.0. The van der Waals surface area contributed by atoms with Crippen LogP contribution in [0.3, 0.4) is 0 Å². The van der Waals surface area contributed by atoms with E-state index in [1.165, 1.54) is 11.1 Å². The number of hydrogen-bond donors (Lipinski definition) is 2. The van der Waals surface area contributed by atoms with E-state index in [-0.39, 0.29) is 23.9 Å². The average Bonchev–Trinajstić information content (AvgIpc) is 3.06. The average molecular weight is 418 g/mol. The molecule has 0 spiro atoms. The number of nitrogens with two attached hydrogens (primary N) is 1. The summed E-state index contributed by atoms with van der Waals surface area (Å²) in [5.74, 6) is -1.52. The van der Waals surface area contributed by atoms with Gasteiger partial charge in [0.25, 0.3) is 11.8 Å². The first-order chi connectivity index (χ1) is 14.8. The molecule has 1 saturated heterocycles. The molecule has 4 rings (SSSR count). The molecule has 158 valence electrons. The number of fused-ring (bicyclic) bond motifs is 1. The molecule has 3 N–H and O–H groups in total. The van der Waals surface area contributed by atoms with E-state index >= 15 is 0 Å². The highest BCUT2D eigenvalue weighted by molar-refractivity contribution is 6.05. The number of rotatable bonds is 5. The molecule has 3 heterocycles. The Balaban J connectivity index is 1.60. The van der Waals surface area contributed by atoms with Crippen molar-refractivity contribution in [2.45, 2.75) is 38.8 Å². The fourth-order valence-electron chi connectivity index (χ4n) is 4.16. The number of imide groups is 1. The number of aromatic nitrogens is 1. The number of amides is 4. The Hall–Kier alpha value is -3.81. The fourth-order valence-corrected chi connectivity index (χ4v) is 4.16. The van der Waals surface area contributed by atoms with Crippen LogP contribution >= 0.6 is 0 Å². The third kappa shape index (κ3) is 3.96. The van der Waals surface area contributed by atoms with Crippen molar-refractivity contribution in [1.82, 2.24) is 15.2 Å². The third-order valence-corrected chi connectivity index (χ3v) is 5.61. The standard InChI is InChI=1S/C23H22N4O4/c1-13(11-15-5-3-9-25-20(15)21(24)29)10-14-4-2-6-16-17(14)12-27(23(16)31)18-7-8-19(28)26-22(18)30/h2-6,9-10,18H,7-8,11-12H2,1H3,(H2,24,29)(H,26,28,30). The highest BCUT2D eigenvalue weighted by Gasteiger charge is 2.39. The summed E-state index contributed by atoms with van der Waals surface area (Å²) in [7, 11) is 0. The van der Waals surface area contributed by atoms with E-state index < -0.39 is 17.9 Å². The molecule has 31 heavy (non-hydrogen) atoms. The number of piperidine rings is 1. The maximum Gasteiger partial charge on any atom is 0.267 e. The Labute approximate surface area is 179 Å². The summed E-state index contributed by atoms with van der Waals surface area (Å²) in [4.78, 5) is 53.9. The van der Waals surface area contributed by atoms with Crippen LogP contribution in [0.4, 0.5) is 0 Å². The molecule has 2 aliphatic heterocycles. The molecule has 1 fully saturated rings. The third-order valence-electron chi connectivity index (χ3n) is 5.61. The van der Waals surface area contributed by atoms with Gasteiger partial charge < -0.3 is 10.6 Å². The number of allylic oxidation sites excluding steroid dienone is 1. The second-order valence-electron chi connectivity index (χ2n) is 7.82. The summed E-state index contributed by atoms with van der Waals surface area (Å²) in [5, 5.41) is 2.31. The SMILES string of the molecule is CC(=Cc1cccc2c1CN(C1CCC(=O)NC1=O)C2=O)Cc1cccnc1C(N)=O. The van der Waals surface area contributed by atoms with Gasteiger partial charge in [0.05, 0.1) is 0 Å². The van der Waals surface area contributed by atoms with Crippen LogP contribution in [-0.2, 0) is 22.6 Å². The van der Waals surface area contributed by atoms with E-state index in [1.54, 1.807) is 12.1 Å². The van der Waals surface area contributed by atoms with Gasteiger partial charge in [-0.1, -0.05) is 29.8 Å². The summed E-state index contributed by atoms with van der Waals surface area (Å²) in [6, 6.07) is 8.40. The molecule has 4 amide bonds. The summed E-state index contributed by atoms with van der Waals surface area (Å²) < 4.78 is 0. The normalized spacial score (nSPS) is 18.7. The first-order valence-electron chi connectivity index (χ1n) is 10.0. The van der Waals surface area contributed by atoms with Crippen molar-refractivity contribution in [3.63, 3.8) is 0 Å². The lowest BCUT2D eigenvalue weighted by molar-refractivity contribution is -0.136. The van der Waals surface area contributed by atoms with Crippen LogP contribution in [0.1, 0.15) is 57.3 Å². The van der Waals surface area contributed by atoms with E-state index in [0.717, 1.165) is 22.3 Å². The number of pyridine rings is 1. The van der Waals surface area contributed by atoms with Crippen molar-refractivity contribution >= 4 is 29.7 Å². The molecule has 0 bridgehead atoms. The lowest BCUT2D eigenvalue weighted by Crippen LogP contribution is -2.52. The minimum absolute atomic E-state index is 0.208. The predicted molar refractivity (Wildman–Crippen MR) is 113 cm³/mol. The van der Waals surface area contributed by atoms with Crippen LogP contribution in [0.25, 0.3) is 6.08 Å². The molecule has 1 aromatic carbocycles. The molecule has 0 saturated carbocycles. The van der Waals surface area contributed by atoms with E-state index in [1.807, 2.05) is 31.2 Å². The number of nitrogens with one attached hydrogen (secondary N) is 1. The van der Waals surface area contributed by atoms with Gasteiger partial charge in [0, 0.05) is 24.7 Å². The molecule has 0 radical (unpaired) electrons. The van der Waals surface area contributed by atoms with Crippen molar-refractivity contribution in [2.24, 2.45) is 5.73 Å². The van der Waals surface area contributed by atoms with Crippen molar-refractivity contribution in [1.29, 1.82) is 0 Å². The fraction of sp³-hybridized carbons (Fsp3) is 0.261. The lowest BCUT2D eigenvalue weighted by atomic mass is 9.98. The first kappa shape index (κ1) is 20.5. The summed E-state index contributed by atoms with van der Waals surface area (Å²) in [6.07, 6.45) is 4.53.